The summed E-state index contributed by atoms with van der Waals surface area (Å²) < 4.78 is 15.9. The van der Waals surface area contributed by atoms with Crippen LogP contribution in [0.2, 0.25) is 0 Å². The molecule has 7 heteroatoms. The summed E-state index contributed by atoms with van der Waals surface area (Å²) in [4.78, 5) is 20.8. The molecule has 1 aliphatic rings. The average molecular weight is 387 g/mol. The normalized spacial score (nSPS) is 13.6. The standard InChI is InChI=1S/C22H18FN5O/c23-18-7-6-17(26-21(29)9-14-4-5-14)11-20(18)28-13-16-10-15(12-25-22(16)27-28)19-3-1-2-8-24-19/h1-3,6-8,10-14H,4-5,9H2,(H,26,29). The molecule has 1 N–H and O–H groups in total. The van der Waals surface area contributed by atoms with Gasteiger partial charge in [-0.3, -0.25) is 9.78 Å². The number of pyridine rings is 2. The molecule has 6 nitrogen and oxygen atoms in total. The summed E-state index contributed by atoms with van der Waals surface area (Å²) in [6.45, 7) is 0. The van der Waals surface area contributed by atoms with Gasteiger partial charge in [0.15, 0.2) is 5.65 Å². The van der Waals surface area contributed by atoms with Crippen LogP contribution in [0.4, 0.5) is 10.1 Å². The minimum Gasteiger partial charge on any atom is -0.326 e. The predicted octanol–water partition coefficient (Wildman–Crippen LogP) is 4.36. The van der Waals surface area contributed by atoms with Crippen molar-refractivity contribution >= 4 is 22.6 Å². The maximum absolute atomic E-state index is 14.5. The van der Waals surface area contributed by atoms with E-state index >= 15 is 0 Å². The molecule has 0 unspecified atom stereocenters. The minimum absolute atomic E-state index is 0.0441. The molecule has 0 bridgehead atoms. The zero-order valence-electron chi connectivity index (χ0n) is 15.5. The molecular formula is C22H18FN5O. The second-order valence-corrected chi connectivity index (χ2v) is 7.29. The maximum atomic E-state index is 14.5. The molecule has 1 fully saturated rings. The lowest BCUT2D eigenvalue weighted by atomic mass is 10.1. The van der Waals surface area contributed by atoms with Crippen LogP contribution >= 0.6 is 0 Å². The Morgan fingerprint density at radius 3 is 2.86 bits per heavy atom. The number of carbonyl (C=O) groups is 1. The second kappa shape index (κ2) is 7.09. The Hall–Kier alpha value is -3.61. The van der Waals surface area contributed by atoms with Crippen molar-refractivity contribution in [1.82, 2.24) is 19.7 Å². The van der Waals surface area contributed by atoms with Crippen molar-refractivity contribution < 1.29 is 9.18 Å². The Bertz CT molecular complexity index is 1200. The molecule has 3 aromatic heterocycles. The van der Waals surface area contributed by atoms with Crippen LogP contribution in [0.15, 0.2) is 61.1 Å². The van der Waals surface area contributed by atoms with Crippen molar-refractivity contribution in [2.75, 3.05) is 5.32 Å². The van der Waals surface area contributed by atoms with E-state index in [0.29, 0.717) is 23.7 Å². The van der Waals surface area contributed by atoms with E-state index in [-0.39, 0.29) is 11.6 Å². The van der Waals surface area contributed by atoms with Crippen LogP contribution in [0.25, 0.3) is 28.0 Å². The minimum atomic E-state index is -0.428. The Balaban J connectivity index is 1.46. The van der Waals surface area contributed by atoms with Gasteiger partial charge < -0.3 is 5.32 Å². The molecule has 0 saturated heterocycles. The molecule has 1 saturated carbocycles. The highest BCUT2D eigenvalue weighted by molar-refractivity contribution is 5.91. The second-order valence-electron chi connectivity index (χ2n) is 7.29. The van der Waals surface area contributed by atoms with Gasteiger partial charge in [0.05, 0.1) is 5.69 Å². The summed E-state index contributed by atoms with van der Waals surface area (Å²) in [5.74, 6) is 0.0195. The van der Waals surface area contributed by atoms with Gasteiger partial charge in [0, 0.05) is 41.6 Å². The molecule has 29 heavy (non-hydrogen) atoms. The van der Waals surface area contributed by atoms with Crippen LogP contribution < -0.4 is 5.32 Å². The number of nitrogens with one attached hydrogen (secondary N) is 1. The molecule has 1 aromatic carbocycles. The number of rotatable bonds is 5. The van der Waals surface area contributed by atoms with Crippen molar-refractivity contribution in [3.63, 3.8) is 0 Å². The third-order valence-electron chi connectivity index (χ3n) is 4.97. The largest absolute Gasteiger partial charge is 0.326 e. The van der Waals surface area contributed by atoms with Crippen molar-refractivity contribution in [3.05, 3.63) is 66.9 Å². The van der Waals surface area contributed by atoms with E-state index in [1.165, 1.54) is 10.7 Å². The molecule has 144 valence electrons. The van der Waals surface area contributed by atoms with E-state index in [1.807, 2.05) is 24.3 Å². The molecule has 5 rings (SSSR count). The van der Waals surface area contributed by atoms with Crippen LogP contribution in [0.1, 0.15) is 19.3 Å². The quantitative estimate of drug-likeness (QED) is 0.552. The number of hydrogen-bond acceptors (Lipinski definition) is 4. The Labute approximate surface area is 166 Å². The first-order valence-corrected chi connectivity index (χ1v) is 9.52. The van der Waals surface area contributed by atoms with Gasteiger partial charge >= 0.3 is 0 Å². The number of amides is 1. The smallest absolute Gasteiger partial charge is 0.224 e. The summed E-state index contributed by atoms with van der Waals surface area (Å²) in [5, 5.41) is 8.01. The molecular weight excluding hydrogens is 369 g/mol. The van der Waals surface area contributed by atoms with Crippen molar-refractivity contribution in [1.29, 1.82) is 0 Å². The van der Waals surface area contributed by atoms with Crippen LogP contribution in [0.5, 0.6) is 0 Å². The lowest BCUT2D eigenvalue weighted by Crippen LogP contribution is -2.12. The number of hydrogen-bond donors (Lipinski definition) is 1. The zero-order valence-corrected chi connectivity index (χ0v) is 15.5. The van der Waals surface area contributed by atoms with E-state index in [4.69, 9.17) is 0 Å². The molecule has 3 heterocycles. The number of aromatic nitrogens is 4. The Morgan fingerprint density at radius 2 is 2.07 bits per heavy atom. The highest BCUT2D eigenvalue weighted by atomic mass is 19.1. The first kappa shape index (κ1) is 17.5. The third kappa shape index (κ3) is 3.71. The van der Waals surface area contributed by atoms with Crippen molar-refractivity contribution in [3.8, 4) is 16.9 Å². The van der Waals surface area contributed by atoms with E-state index in [0.717, 1.165) is 29.5 Å². The molecule has 1 amide bonds. The monoisotopic (exact) mass is 387 g/mol. The molecule has 0 spiro atoms. The highest BCUT2D eigenvalue weighted by Crippen LogP contribution is 2.32. The van der Waals surface area contributed by atoms with Gasteiger partial charge in [-0.1, -0.05) is 6.07 Å². The van der Waals surface area contributed by atoms with E-state index in [2.05, 4.69) is 20.4 Å². The van der Waals surface area contributed by atoms with Gasteiger partial charge in [-0.2, -0.15) is 0 Å². The number of nitrogens with zero attached hydrogens (tertiary/aromatic N) is 4. The highest BCUT2D eigenvalue weighted by Gasteiger charge is 2.24. The first-order chi connectivity index (χ1) is 14.2. The zero-order chi connectivity index (χ0) is 19.8. The number of anilines is 1. The summed E-state index contributed by atoms with van der Waals surface area (Å²) in [7, 11) is 0. The van der Waals surface area contributed by atoms with Crippen molar-refractivity contribution in [2.45, 2.75) is 19.3 Å². The lowest BCUT2D eigenvalue weighted by molar-refractivity contribution is -0.116. The fraction of sp³-hybridized carbons (Fsp3) is 0.182. The Kier molecular flexibility index (Phi) is 4.27. The number of halogens is 1. The Morgan fingerprint density at radius 1 is 1.17 bits per heavy atom. The van der Waals surface area contributed by atoms with Gasteiger partial charge in [0.2, 0.25) is 5.91 Å². The summed E-state index contributed by atoms with van der Waals surface area (Å²) in [5.41, 5.74) is 2.98. The molecule has 1 aliphatic carbocycles. The number of fused-ring (bicyclic) bond motifs is 1. The summed E-state index contributed by atoms with van der Waals surface area (Å²) in [6.07, 6.45) is 7.88. The number of carbonyl (C=O) groups excluding carboxylic acids is 1. The van der Waals surface area contributed by atoms with Gasteiger partial charge in [-0.05, 0) is 55.2 Å². The van der Waals surface area contributed by atoms with Crippen LogP contribution in [0.3, 0.4) is 0 Å². The van der Waals surface area contributed by atoms with E-state index in [9.17, 15) is 9.18 Å². The summed E-state index contributed by atoms with van der Waals surface area (Å²) in [6, 6.07) is 12.1. The molecule has 0 radical (unpaired) electrons. The van der Waals surface area contributed by atoms with Crippen LogP contribution in [-0.4, -0.2) is 25.7 Å². The predicted molar refractivity (Wildman–Crippen MR) is 108 cm³/mol. The SMILES string of the molecule is O=C(CC1CC1)Nc1ccc(F)c(-n2cc3cc(-c4ccccn4)cnc3n2)c1. The van der Waals surface area contributed by atoms with Crippen LogP contribution in [-0.2, 0) is 4.79 Å². The maximum Gasteiger partial charge on any atom is 0.224 e. The molecule has 4 aromatic rings. The number of benzene rings is 1. The topological polar surface area (TPSA) is 72.7 Å². The van der Waals surface area contributed by atoms with Gasteiger partial charge in [-0.25, -0.2) is 14.1 Å². The van der Waals surface area contributed by atoms with E-state index in [1.54, 1.807) is 30.7 Å². The first-order valence-electron chi connectivity index (χ1n) is 9.52. The molecule has 0 aliphatic heterocycles. The van der Waals surface area contributed by atoms with Gasteiger partial charge in [0.25, 0.3) is 0 Å². The van der Waals surface area contributed by atoms with E-state index < -0.39 is 5.82 Å². The fourth-order valence-electron chi connectivity index (χ4n) is 3.27. The van der Waals surface area contributed by atoms with Crippen LogP contribution in [0, 0.1) is 11.7 Å². The average Bonchev–Trinajstić information content (AvgIpc) is 3.44. The van der Waals surface area contributed by atoms with Gasteiger partial charge in [-0.15, -0.1) is 5.10 Å². The van der Waals surface area contributed by atoms with Crippen molar-refractivity contribution in [2.24, 2.45) is 5.92 Å². The van der Waals surface area contributed by atoms with Gasteiger partial charge in [0.1, 0.15) is 11.5 Å². The lowest BCUT2D eigenvalue weighted by Gasteiger charge is -2.08. The fourth-order valence-corrected chi connectivity index (χ4v) is 3.27. The summed E-state index contributed by atoms with van der Waals surface area (Å²) >= 11 is 0. The third-order valence-corrected chi connectivity index (χ3v) is 4.97. The molecule has 0 atom stereocenters.